The number of fused-ring (bicyclic) bond motifs is 1. The Kier molecular flexibility index (Phi) is 3.80. The van der Waals surface area contributed by atoms with Crippen LogP contribution in [-0.4, -0.2) is 37.8 Å². The molecule has 3 rings (SSSR count). The Morgan fingerprint density at radius 1 is 1.38 bits per heavy atom. The summed E-state index contributed by atoms with van der Waals surface area (Å²) in [6.07, 6.45) is 1.35. The second kappa shape index (κ2) is 5.80. The van der Waals surface area contributed by atoms with Crippen molar-refractivity contribution in [3.63, 3.8) is 0 Å². The number of hydrogen-bond acceptors (Lipinski definition) is 5. The lowest BCUT2D eigenvalue weighted by Crippen LogP contribution is -2.15. The van der Waals surface area contributed by atoms with Gasteiger partial charge in [-0.1, -0.05) is 19.9 Å². The van der Waals surface area contributed by atoms with Crippen LogP contribution in [0.2, 0.25) is 0 Å². The third-order valence-corrected chi connectivity index (χ3v) is 3.66. The fourth-order valence-corrected chi connectivity index (χ4v) is 2.64. The molecule has 3 aromatic heterocycles. The summed E-state index contributed by atoms with van der Waals surface area (Å²) in [5, 5.41) is 13.7. The van der Waals surface area contributed by atoms with E-state index >= 15 is 0 Å². The van der Waals surface area contributed by atoms with E-state index in [1.54, 1.807) is 18.2 Å². The Bertz CT molecular complexity index is 987. The molecule has 0 bridgehead atoms. The Balaban J connectivity index is 2.28. The van der Waals surface area contributed by atoms with E-state index in [9.17, 15) is 14.7 Å². The van der Waals surface area contributed by atoms with Gasteiger partial charge in [-0.05, 0) is 12.0 Å². The van der Waals surface area contributed by atoms with E-state index in [2.05, 4.69) is 15.1 Å². The number of methoxy groups -OCH3 is 1. The maximum Gasteiger partial charge on any atom is 0.337 e. The Hall–Kier alpha value is -3.16. The van der Waals surface area contributed by atoms with Gasteiger partial charge >= 0.3 is 5.97 Å². The summed E-state index contributed by atoms with van der Waals surface area (Å²) < 4.78 is 6.36. The second-order valence-electron chi connectivity index (χ2n) is 5.58. The third kappa shape index (κ3) is 2.51. The number of rotatable bonds is 4. The van der Waals surface area contributed by atoms with Crippen molar-refractivity contribution in [3.8, 4) is 17.4 Å². The number of aromatic carboxylic acids is 1. The lowest BCUT2D eigenvalue weighted by atomic mass is 10.0. The van der Waals surface area contributed by atoms with E-state index in [4.69, 9.17) is 4.74 Å². The van der Waals surface area contributed by atoms with Gasteiger partial charge in [-0.2, -0.15) is 0 Å². The molecular weight excluding hydrogens is 312 g/mol. The predicted octanol–water partition coefficient (Wildman–Crippen LogP) is 1.91. The highest BCUT2D eigenvalue weighted by Gasteiger charge is 2.22. The van der Waals surface area contributed by atoms with Crippen LogP contribution < -0.4 is 10.3 Å². The average molecular weight is 328 g/mol. The van der Waals surface area contributed by atoms with Crippen molar-refractivity contribution in [2.75, 3.05) is 7.11 Å². The fourth-order valence-electron chi connectivity index (χ4n) is 2.64. The SMILES string of the molecule is COc1cccc(-c2nn3cc(C(=O)O)c(C(C)C)c3c(=O)[nH]2)n1. The molecule has 8 nitrogen and oxygen atoms in total. The molecule has 3 heterocycles. The number of carboxylic acid groups (broad SMARTS) is 1. The Morgan fingerprint density at radius 3 is 2.75 bits per heavy atom. The Labute approximate surface area is 136 Å². The summed E-state index contributed by atoms with van der Waals surface area (Å²) in [5.74, 6) is -0.611. The van der Waals surface area contributed by atoms with Crippen LogP contribution in [0, 0.1) is 0 Å². The van der Waals surface area contributed by atoms with Gasteiger partial charge < -0.3 is 14.8 Å². The zero-order valence-corrected chi connectivity index (χ0v) is 13.4. The maximum absolute atomic E-state index is 12.5. The zero-order valence-electron chi connectivity index (χ0n) is 13.4. The molecule has 124 valence electrons. The van der Waals surface area contributed by atoms with E-state index in [0.29, 0.717) is 17.1 Å². The van der Waals surface area contributed by atoms with Crippen molar-refractivity contribution in [2.45, 2.75) is 19.8 Å². The molecule has 0 aromatic carbocycles. The van der Waals surface area contributed by atoms with Crippen LogP contribution in [0.3, 0.4) is 0 Å². The lowest BCUT2D eigenvalue weighted by molar-refractivity contribution is 0.0695. The first-order valence-electron chi connectivity index (χ1n) is 7.32. The molecule has 0 radical (unpaired) electrons. The molecule has 3 aromatic rings. The highest BCUT2D eigenvalue weighted by molar-refractivity contribution is 5.92. The number of ether oxygens (including phenoxy) is 1. The number of carboxylic acids is 1. The molecule has 24 heavy (non-hydrogen) atoms. The van der Waals surface area contributed by atoms with Gasteiger partial charge in [0, 0.05) is 17.8 Å². The molecule has 0 saturated carbocycles. The maximum atomic E-state index is 12.5. The van der Waals surface area contributed by atoms with Gasteiger partial charge in [-0.3, -0.25) is 4.79 Å². The number of hydrogen-bond donors (Lipinski definition) is 2. The first-order valence-corrected chi connectivity index (χ1v) is 7.32. The average Bonchev–Trinajstić information content (AvgIpc) is 2.95. The summed E-state index contributed by atoms with van der Waals surface area (Å²) in [7, 11) is 1.49. The molecular formula is C16H16N4O4. The molecule has 0 aliphatic carbocycles. The van der Waals surface area contributed by atoms with Crippen molar-refractivity contribution in [2.24, 2.45) is 0 Å². The molecule has 0 aliphatic heterocycles. The van der Waals surface area contributed by atoms with Crippen LogP contribution in [0.5, 0.6) is 5.88 Å². The summed E-state index contributed by atoms with van der Waals surface area (Å²) in [5.41, 5.74) is 0.764. The monoisotopic (exact) mass is 328 g/mol. The molecule has 2 N–H and O–H groups in total. The van der Waals surface area contributed by atoms with Crippen molar-refractivity contribution < 1.29 is 14.6 Å². The van der Waals surface area contributed by atoms with Gasteiger partial charge in [0.05, 0.1) is 12.7 Å². The predicted molar refractivity (Wildman–Crippen MR) is 86.6 cm³/mol. The smallest absolute Gasteiger partial charge is 0.337 e. The number of carbonyl (C=O) groups is 1. The Morgan fingerprint density at radius 2 is 2.12 bits per heavy atom. The van der Waals surface area contributed by atoms with Crippen molar-refractivity contribution in [1.29, 1.82) is 0 Å². The summed E-state index contributed by atoms with van der Waals surface area (Å²) >= 11 is 0. The fraction of sp³-hybridized carbons (Fsp3) is 0.250. The van der Waals surface area contributed by atoms with Gasteiger partial charge in [0.2, 0.25) is 5.88 Å². The first kappa shape index (κ1) is 15.7. The molecule has 0 atom stereocenters. The highest BCUT2D eigenvalue weighted by Crippen LogP contribution is 2.25. The minimum absolute atomic E-state index is 0.0683. The minimum Gasteiger partial charge on any atom is -0.481 e. The number of pyridine rings is 1. The van der Waals surface area contributed by atoms with E-state index < -0.39 is 11.5 Å². The molecule has 8 heteroatoms. The topological polar surface area (TPSA) is 110 Å². The van der Waals surface area contributed by atoms with Crippen LogP contribution in [-0.2, 0) is 0 Å². The van der Waals surface area contributed by atoms with Crippen LogP contribution in [0.4, 0.5) is 0 Å². The number of aromatic amines is 1. The molecule has 0 amide bonds. The van der Waals surface area contributed by atoms with Crippen molar-refractivity contribution in [1.82, 2.24) is 19.6 Å². The minimum atomic E-state index is -1.09. The van der Waals surface area contributed by atoms with Crippen LogP contribution in [0.1, 0.15) is 35.7 Å². The second-order valence-corrected chi connectivity index (χ2v) is 5.58. The molecule has 0 aliphatic rings. The largest absolute Gasteiger partial charge is 0.481 e. The first-order chi connectivity index (χ1) is 11.4. The lowest BCUT2D eigenvalue weighted by Gasteiger charge is -2.06. The van der Waals surface area contributed by atoms with E-state index in [1.165, 1.54) is 17.8 Å². The van der Waals surface area contributed by atoms with Crippen molar-refractivity contribution in [3.05, 3.63) is 45.9 Å². The zero-order chi connectivity index (χ0) is 17.4. The van der Waals surface area contributed by atoms with E-state index in [1.807, 2.05) is 13.8 Å². The molecule has 0 saturated heterocycles. The quantitative estimate of drug-likeness (QED) is 0.757. The van der Waals surface area contributed by atoms with E-state index in [-0.39, 0.29) is 22.8 Å². The van der Waals surface area contributed by atoms with Crippen LogP contribution in [0.15, 0.2) is 29.2 Å². The van der Waals surface area contributed by atoms with E-state index in [0.717, 1.165) is 0 Å². The normalized spacial score (nSPS) is 11.2. The highest BCUT2D eigenvalue weighted by atomic mass is 16.5. The number of aromatic nitrogens is 4. The third-order valence-electron chi connectivity index (χ3n) is 3.66. The standard InChI is InChI=1S/C16H16N4O4/c1-8(2)12-9(16(22)23)7-20-13(12)15(21)18-14(19-20)10-5-4-6-11(17-10)24-3/h4-8H,1-3H3,(H,22,23)(H,18,19,21). The van der Waals surface area contributed by atoms with Gasteiger partial charge in [0.25, 0.3) is 5.56 Å². The molecule has 0 spiro atoms. The molecule has 0 unspecified atom stereocenters. The summed E-state index contributed by atoms with van der Waals surface area (Å²) in [4.78, 5) is 30.9. The van der Waals surface area contributed by atoms with Crippen molar-refractivity contribution >= 4 is 11.5 Å². The molecule has 0 fully saturated rings. The summed E-state index contributed by atoms with van der Waals surface area (Å²) in [6.45, 7) is 3.66. The number of nitrogens with one attached hydrogen (secondary N) is 1. The van der Waals surface area contributed by atoms with Gasteiger partial charge in [0.1, 0.15) is 11.2 Å². The van der Waals surface area contributed by atoms with Crippen LogP contribution in [0.25, 0.3) is 17.0 Å². The van der Waals surface area contributed by atoms with Gasteiger partial charge in [-0.25, -0.2) is 14.3 Å². The van der Waals surface area contributed by atoms with Crippen LogP contribution >= 0.6 is 0 Å². The number of nitrogens with zero attached hydrogens (tertiary/aromatic N) is 3. The van der Waals surface area contributed by atoms with Gasteiger partial charge in [0.15, 0.2) is 5.82 Å². The number of H-pyrrole nitrogens is 1. The summed E-state index contributed by atoms with van der Waals surface area (Å²) in [6, 6.07) is 5.08. The van der Waals surface area contributed by atoms with Gasteiger partial charge in [-0.15, -0.1) is 5.10 Å².